The Balaban J connectivity index is 1.68. The predicted octanol–water partition coefficient (Wildman–Crippen LogP) is 1.94. The summed E-state index contributed by atoms with van der Waals surface area (Å²) in [5.74, 6) is 1.24. The fraction of sp³-hybridized carbons (Fsp3) is 0.550. The van der Waals surface area contributed by atoms with Crippen LogP contribution in [-0.2, 0) is 14.4 Å². The van der Waals surface area contributed by atoms with Gasteiger partial charge in [0.2, 0.25) is 5.91 Å². The van der Waals surface area contributed by atoms with Gasteiger partial charge in [-0.1, -0.05) is 0 Å². The molecule has 27 heavy (non-hydrogen) atoms. The van der Waals surface area contributed by atoms with Crippen molar-refractivity contribution in [2.75, 3.05) is 26.3 Å². The Bertz CT molecular complexity index is 636. The van der Waals surface area contributed by atoms with Gasteiger partial charge in [0, 0.05) is 32.0 Å². The molecule has 1 aromatic carbocycles. The maximum atomic E-state index is 12.3. The highest BCUT2D eigenvalue weighted by atomic mass is 16.5. The van der Waals surface area contributed by atoms with Gasteiger partial charge in [0.25, 0.3) is 5.91 Å². The Hall–Kier alpha value is -2.57. The molecule has 0 saturated carbocycles. The van der Waals surface area contributed by atoms with Gasteiger partial charge in [-0.3, -0.25) is 9.59 Å². The van der Waals surface area contributed by atoms with E-state index in [2.05, 4.69) is 5.32 Å². The molecule has 0 bridgehead atoms. The highest BCUT2D eigenvalue weighted by Gasteiger charge is 2.24. The first-order valence-electron chi connectivity index (χ1n) is 9.40. The lowest BCUT2D eigenvalue weighted by Crippen LogP contribution is -2.47. The molecule has 0 radical (unpaired) electrons. The number of benzene rings is 1. The van der Waals surface area contributed by atoms with E-state index in [0.29, 0.717) is 38.3 Å². The van der Waals surface area contributed by atoms with Crippen molar-refractivity contribution in [2.24, 2.45) is 0 Å². The second-order valence-corrected chi connectivity index (χ2v) is 6.62. The summed E-state index contributed by atoms with van der Waals surface area (Å²) in [5, 5.41) is 2.93. The summed E-state index contributed by atoms with van der Waals surface area (Å²) in [6.07, 6.45) is 1.91. The van der Waals surface area contributed by atoms with E-state index in [4.69, 9.17) is 9.47 Å². The summed E-state index contributed by atoms with van der Waals surface area (Å²) in [6.45, 7) is 5.16. The Labute approximate surface area is 160 Å². The van der Waals surface area contributed by atoms with Gasteiger partial charge >= 0.3 is 0 Å². The molecule has 7 heteroatoms. The van der Waals surface area contributed by atoms with Gasteiger partial charge < -0.3 is 24.5 Å². The van der Waals surface area contributed by atoms with Crippen LogP contribution in [0.15, 0.2) is 24.3 Å². The Morgan fingerprint density at radius 2 is 1.63 bits per heavy atom. The topological polar surface area (TPSA) is 84.9 Å². The van der Waals surface area contributed by atoms with Crippen molar-refractivity contribution in [3.63, 3.8) is 0 Å². The van der Waals surface area contributed by atoms with Crippen molar-refractivity contribution >= 4 is 17.6 Å². The number of likely N-dealkylation sites (tertiary alicyclic amines) is 1. The van der Waals surface area contributed by atoms with Gasteiger partial charge in [0.15, 0.2) is 6.61 Å². The molecule has 0 spiro atoms. The number of nitrogens with zero attached hydrogens (tertiary/aromatic N) is 1. The summed E-state index contributed by atoms with van der Waals surface area (Å²) in [7, 11) is 0. The van der Waals surface area contributed by atoms with E-state index in [1.165, 1.54) is 6.92 Å². The second kappa shape index (κ2) is 10.5. The van der Waals surface area contributed by atoms with Crippen LogP contribution in [0.1, 0.15) is 39.5 Å². The fourth-order valence-electron chi connectivity index (χ4n) is 2.90. The van der Waals surface area contributed by atoms with Crippen LogP contribution in [0.4, 0.5) is 0 Å². The molecule has 7 nitrogen and oxygen atoms in total. The molecule has 1 N–H and O–H groups in total. The summed E-state index contributed by atoms with van der Waals surface area (Å²) in [6, 6.07) is 7.23. The maximum Gasteiger partial charge on any atom is 0.260 e. The largest absolute Gasteiger partial charge is 0.494 e. The molecule has 2 rings (SSSR count). The number of amides is 2. The minimum absolute atomic E-state index is 0.0103. The maximum absolute atomic E-state index is 12.3. The van der Waals surface area contributed by atoms with Crippen molar-refractivity contribution < 1.29 is 23.9 Å². The Morgan fingerprint density at radius 1 is 1.04 bits per heavy atom. The first-order valence-corrected chi connectivity index (χ1v) is 9.40. The van der Waals surface area contributed by atoms with Gasteiger partial charge in [-0.2, -0.15) is 0 Å². The van der Waals surface area contributed by atoms with Crippen molar-refractivity contribution in [1.29, 1.82) is 0 Å². The molecule has 1 aromatic rings. The summed E-state index contributed by atoms with van der Waals surface area (Å²) in [5.41, 5.74) is 0. The van der Waals surface area contributed by atoms with E-state index in [-0.39, 0.29) is 43.1 Å². The third-order valence-corrected chi connectivity index (χ3v) is 4.41. The highest BCUT2D eigenvalue weighted by Crippen LogP contribution is 2.18. The molecule has 0 unspecified atom stereocenters. The Morgan fingerprint density at radius 3 is 2.19 bits per heavy atom. The molecule has 0 aromatic heterocycles. The number of carbonyl (C=O) groups excluding carboxylic acids is 3. The zero-order valence-corrected chi connectivity index (χ0v) is 16.0. The van der Waals surface area contributed by atoms with Crippen molar-refractivity contribution in [3.8, 4) is 11.5 Å². The van der Waals surface area contributed by atoms with Crippen molar-refractivity contribution in [1.82, 2.24) is 10.2 Å². The van der Waals surface area contributed by atoms with Gasteiger partial charge in [-0.25, -0.2) is 0 Å². The molecule has 0 atom stereocenters. The number of nitrogens with one attached hydrogen (secondary N) is 1. The molecule has 2 amide bonds. The highest BCUT2D eigenvalue weighted by molar-refractivity contribution is 5.83. The zero-order chi connectivity index (χ0) is 19.6. The smallest absolute Gasteiger partial charge is 0.260 e. The average molecular weight is 376 g/mol. The lowest BCUT2D eigenvalue weighted by Gasteiger charge is -2.32. The van der Waals surface area contributed by atoms with Gasteiger partial charge in [0.1, 0.15) is 17.3 Å². The molecular formula is C20H28N2O5. The molecule has 1 saturated heterocycles. The van der Waals surface area contributed by atoms with Crippen LogP contribution in [0.3, 0.4) is 0 Å². The normalized spacial score (nSPS) is 14.5. The standard InChI is InChI=1S/C20H28N2O5/c1-3-26-17-5-7-18(8-6-17)27-14-20(25)22-12-10-16(11-13-22)21-19(24)9-4-15(2)23/h5-8,16H,3-4,9-14H2,1-2H3,(H,21,24). The van der Waals surface area contributed by atoms with Gasteiger partial charge in [-0.15, -0.1) is 0 Å². The summed E-state index contributed by atoms with van der Waals surface area (Å²) in [4.78, 5) is 36.8. The SMILES string of the molecule is CCOc1ccc(OCC(=O)N2CCC(NC(=O)CCC(C)=O)CC2)cc1. The molecule has 1 aliphatic heterocycles. The number of ketones is 1. The third kappa shape index (κ3) is 7.29. The Kier molecular flexibility index (Phi) is 8.10. The molecule has 0 aliphatic carbocycles. The van der Waals surface area contributed by atoms with Gasteiger partial charge in [-0.05, 0) is 51.0 Å². The lowest BCUT2D eigenvalue weighted by molar-refractivity contribution is -0.134. The van der Waals surface area contributed by atoms with E-state index in [0.717, 1.165) is 5.75 Å². The first-order chi connectivity index (χ1) is 13.0. The fourth-order valence-corrected chi connectivity index (χ4v) is 2.90. The van der Waals surface area contributed by atoms with Crippen molar-refractivity contribution in [3.05, 3.63) is 24.3 Å². The molecule has 1 heterocycles. The van der Waals surface area contributed by atoms with E-state index < -0.39 is 0 Å². The number of Topliss-reactive ketones (excluding diaryl/α,β-unsaturated/α-hetero) is 1. The molecule has 148 valence electrons. The molecular weight excluding hydrogens is 348 g/mol. The summed E-state index contributed by atoms with van der Waals surface area (Å²) < 4.78 is 10.9. The number of hydrogen-bond donors (Lipinski definition) is 1. The van der Waals surface area contributed by atoms with Crippen LogP contribution in [0.5, 0.6) is 11.5 Å². The molecule has 1 aliphatic rings. The second-order valence-electron chi connectivity index (χ2n) is 6.62. The van der Waals surface area contributed by atoms with Crippen LogP contribution in [0.25, 0.3) is 0 Å². The van der Waals surface area contributed by atoms with Crippen LogP contribution in [-0.4, -0.2) is 54.8 Å². The quantitative estimate of drug-likeness (QED) is 0.712. The van der Waals surface area contributed by atoms with Crippen LogP contribution in [0, 0.1) is 0 Å². The zero-order valence-electron chi connectivity index (χ0n) is 16.0. The number of piperidine rings is 1. The predicted molar refractivity (Wildman–Crippen MR) is 101 cm³/mol. The van der Waals surface area contributed by atoms with E-state index in [1.807, 2.05) is 19.1 Å². The van der Waals surface area contributed by atoms with E-state index in [1.54, 1.807) is 17.0 Å². The average Bonchev–Trinajstić information content (AvgIpc) is 2.66. The lowest BCUT2D eigenvalue weighted by atomic mass is 10.0. The van der Waals surface area contributed by atoms with Crippen molar-refractivity contribution in [2.45, 2.75) is 45.6 Å². The minimum Gasteiger partial charge on any atom is -0.494 e. The summed E-state index contributed by atoms with van der Waals surface area (Å²) >= 11 is 0. The number of ether oxygens (including phenoxy) is 2. The van der Waals surface area contributed by atoms with E-state index >= 15 is 0 Å². The first kappa shape index (κ1) is 20.7. The molecule has 1 fully saturated rings. The minimum atomic E-state index is -0.103. The van der Waals surface area contributed by atoms with E-state index in [9.17, 15) is 14.4 Å². The van der Waals surface area contributed by atoms with Gasteiger partial charge in [0.05, 0.1) is 6.61 Å². The number of rotatable bonds is 9. The van der Waals surface area contributed by atoms with Crippen LogP contribution in [0.2, 0.25) is 0 Å². The van der Waals surface area contributed by atoms with Crippen LogP contribution >= 0.6 is 0 Å². The number of carbonyl (C=O) groups is 3. The third-order valence-electron chi connectivity index (χ3n) is 4.41. The monoisotopic (exact) mass is 376 g/mol. The number of hydrogen-bond acceptors (Lipinski definition) is 5. The van der Waals surface area contributed by atoms with Crippen LogP contribution < -0.4 is 14.8 Å².